The van der Waals surface area contributed by atoms with Crippen LogP contribution in [0.4, 0.5) is 11.4 Å². The first kappa shape index (κ1) is 19.7. The van der Waals surface area contributed by atoms with Crippen molar-refractivity contribution in [1.82, 2.24) is 0 Å². The highest BCUT2D eigenvalue weighted by Gasteiger charge is 2.41. The van der Waals surface area contributed by atoms with Crippen molar-refractivity contribution < 1.29 is 19.1 Å². The molecule has 0 atom stereocenters. The minimum Gasteiger partial charge on any atom is -0.493 e. The van der Waals surface area contributed by atoms with Crippen LogP contribution in [0.15, 0.2) is 65.7 Å². The van der Waals surface area contributed by atoms with E-state index in [4.69, 9.17) is 9.47 Å². The molecule has 0 bridgehead atoms. The lowest BCUT2D eigenvalue weighted by atomic mass is 10.1. The summed E-state index contributed by atoms with van der Waals surface area (Å²) in [7, 11) is 3.04. The Bertz CT molecular complexity index is 1130. The Kier molecular flexibility index (Phi) is 5.29. The van der Waals surface area contributed by atoms with E-state index in [-0.39, 0.29) is 11.6 Å². The maximum absolute atomic E-state index is 13.4. The first-order chi connectivity index (χ1) is 14.5. The molecule has 0 aliphatic carbocycles. The van der Waals surface area contributed by atoms with Gasteiger partial charge in [-0.25, -0.2) is 4.90 Å². The largest absolute Gasteiger partial charge is 0.493 e. The van der Waals surface area contributed by atoms with Gasteiger partial charge in [0.2, 0.25) is 0 Å². The molecule has 0 spiro atoms. The van der Waals surface area contributed by atoms with Crippen LogP contribution in [0.2, 0.25) is 0 Å². The van der Waals surface area contributed by atoms with Gasteiger partial charge >= 0.3 is 0 Å². The van der Waals surface area contributed by atoms with E-state index in [9.17, 15) is 9.59 Å². The van der Waals surface area contributed by atoms with Gasteiger partial charge in [0.25, 0.3) is 11.8 Å². The molecule has 2 amide bonds. The average molecular weight is 420 g/mol. The summed E-state index contributed by atoms with van der Waals surface area (Å²) in [6, 6.07) is 16.3. The smallest absolute Gasteiger partial charge is 0.282 e. The molecule has 2 aromatic carbocycles. The molecule has 152 valence electrons. The molecule has 30 heavy (non-hydrogen) atoms. The van der Waals surface area contributed by atoms with Gasteiger partial charge in [0.15, 0.2) is 11.5 Å². The van der Waals surface area contributed by atoms with Crippen molar-refractivity contribution in [1.29, 1.82) is 0 Å². The predicted molar refractivity (Wildman–Crippen MR) is 118 cm³/mol. The van der Waals surface area contributed by atoms with Crippen LogP contribution in [0.1, 0.15) is 10.4 Å². The number of amides is 2. The highest BCUT2D eigenvalue weighted by molar-refractivity contribution is 7.11. The Morgan fingerprint density at radius 1 is 0.900 bits per heavy atom. The molecule has 7 heteroatoms. The van der Waals surface area contributed by atoms with Gasteiger partial charge in [-0.3, -0.25) is 9.59 Å². The molecule has 0 radical (unpaired) electrons. The number of nitrogens with zero attached hydrogens (tertiary/aromatic N) is 1. The number of benzene rings is 2. The number of imide groups is 1. The minimum absolute atomic E-state index is 0.251. The molecule has 0 saturated heterocycles. The molecule has 1 N–H and O–H groups in total. The first-order valence-electron chi connectivity index (χ1n) is 9.26. The van der Waals surface area contributed by atoms with E-state index in [1.54, 1.807) is 18.2 Å². The fourth-order valence-electron chi connectivity index (χ4n) is 3.27. The molecule has 4 rings (SSSR count). The highest BCUT2D eigenvalue weighted by atomic mass is 32.1. The average Bonchev–Trinajstić information content (AvgIpc) is 3.36. The van der Waals surface area contributed by atoms with Crippen molar-refractivity contribution in [3.63, 3.8) is 0 Å². The standard InChI is InChI=1S/C23H20N2O4S/c1-14-6-8-15(9-7-14)24-21-20(19-5-4-12-30-19)22(26)25(23(21)27)16-10-11-17(28-2)18(13-16)29-3/h4-13,24H,1-3H3. The van der Waals surface area contributed by atoms with Gasteiger partial charge in [0, 0.05) is 16.6 Å². The molecular weight excluding hydrogens is 400 g/mol. The van der Waals surface area contributed by atoms with Crippen molar-refractivity contribution >= 4 is 40.1 Å². The number of thiophene rings is 1. The lowest BCUT2D eigenvalue weighted by molar-refractivity contribution is -0.120. The van der Waals surface area contributed by atoms with Gasteiger partial charge < -0.3 is 14.8 Å². The lowest BCUT2D eigenvalue weighted by Crippen LogP contribution is -2.32. The summed E-state index contributed by atoms with van der Waals surface area (Å²) in [4.78, 5) is 28.6. The van der Waals surface area contributed by atoms with Crippen LogP contribution >= 0.6 is 11.3 Å². The summed E-state index contributed by atoms with van der Waals surface area (Å²) >= 11 is 1.41. The molecule has 2 heterocycles. The van der Waals surface area contributed by atoms with Crippen molar-refractivity contribution in [2.45, 2.75) is 6.92 Å². The molecule has 3 aromatic rings. The molecule has 1 aliphatic heterocycles. The maximum Gasteiger partial charge on any atom is 0.282 e. The van der Waals surface area contributed by atoms with E-state index in [1.807, 2.05) is 48.7 Å². The molecule has 0 unspecified atom stereocenters. The second-order valence-corrected chi connectivity index (χ2v) is 7.65. The van der Waals surface area contributed by atoms with Crippen LogP contribution in [-0.4, -0.2) is 26.0 Å². The van der Waals surface area contributed by atoms with Crippen molar-refractivity contribution in [3.8, 4) is 11.5 Å². The van der Waals surface area contributed by atoms with Crippen molar-refractivity contribution in [2.24, 2.45) is 0 Å². The summed E-state index contributed by atoms with van der Waals surface area (Å²) < 4.78 is 10.6. The minimum atomic E-state index is -0.420. The number of hydrogen-bond acceptors (Lipinski definition) is 6. The molecule has 1 aromatic heterocycles. The third-order valence-corrected chi connectivity index (χ3v) is 5.69. The van der Waals surface area contributed by atoms with Crippen molar-refractivity contribution in [3.05, 3.63) is 76.1 Å². The molecular formula is C23H20N2O4S. The number of carbonyl (C=O) groups is 2. The van der Waals surface area contributed by atoms with E-state index in [2.05, 4.69) is 5.32 Å². The second-order valence-electron chi connectivity index (χ2n) is 6.70. The second kappa shape index (κ2) is 8.04. The quantitative estimate of drug-likeness (QED) is 0.596. The summed E-state index contributed by atoms with van der Waals surface area (Å²) in [6.45, 7) is 1.99. The topological polar surface area (TPSA) is 67.9 Å². The number of carbonyl (C=O) groups excluding carboxylic acids is 2. The van der Waals surface area contributed by atoms with E-state index in [0.29, 0.717) is 22.8 Å². The SMILES string of the molecule is COc1ccc(N2C(=O)C(Nc3ccc(C)cc3)=C(c3cccs3)C2=O)cc1OC. The number of ether oxygens (including phenoxy) is 2. The monoisotopic (exact) mass is 420 g/mol. The summed E-state index contributed by atoms with van der Waals surface area (Å²) in [5.41, 5.74) is 2.86. The van der Waals surface area contributed by atoms with Crippen LogP contribution in [0.25, 0.3) is 5.57 Å². The Balaban J connectivity index is 1.77. The van der Waals surface area contributed by atoms with E-state index in [0.717, 1.165) is 21.0 Å². The summed E-state index contributed by atoms with van der Waals surface area (Å²) in [5.74, 6) is 0.151. The molecule has 1 aliphatic rings. The van der Waals surface area contributed by atoms with E-state index < -0.39 is 5.91 Å². The van der Waals surface area contributed by atoms with Crippen LogP contribution < -0.4 is 19.7 Å². The fourth-order valence-corrected chi connectivity index (χ4v) is 4.04. The van der Waals surface area contributed by atoms with Crippen LogP contribution in [0.3, 0.4) is 0 Å². The van der Waals surface area contributed by atoms with Gasteiger partial charge in [-0.05, 0) is 42.6 Å². The van der Waals surface area contributed by atoms with Crippen LogP contribution in [0.5, 0.6) is 11.5 Å². The first-order valence-corrected chi connectivity index (χ1v) is 10.1. The molecule has 0 fully saturated rings. The van der Waals surface area contributed by atoms with E-state index >= 15 is 0 Å². The summed E-state index contributed by atoms with van der Waals surface area (Å²) in [6.07, 6.45) is 0. The number of anilines is 2. The summed E-state index contributed by atoms with van der Waals surface area (Å²) in [5, 5.41) is 5.03. The molecule has 6 nitrogen and oxygen atoms in total. The third kappa shape index (κ3) is 3.44. The van der Waals surface area contributed by atoms with Crippen LogP contribution in [0, 0.1) is 6.92 Å². The van der Waals surface area contributed by atoms with Gasteiger partial charge in [-0.15, -0.1) is 11.3 Å². The predicted octanol–water partition coefficient (Wildman–Crippen LogP) is 4.47. The Labute approximate surface area is 178 Å². The van der Waals surface area contributed by atoms with Gasteiger partial charge in [-0.2, -0.15) is 0 Å². The Morgan fingerprint density at radius 2 is 1.63 bits per heavy atom. The lowest BCUT2D eigenvalue weighted by Gasteiger charge is -2.17. The van der Waals surface area contributed by atoms with Crippen molar-refractivity contribution in [2.75, 3.05) is 24.4 Å². The zero-order valence-electron chi connectivity index (χ0n) is 16.8. The van der Waals surface area contributed by atoms with Gasteiger partial charge in [-0.1, -0.05) is 23.8 Å². The number of aryl methyl sites for hydroxylation is 1. The number of hydrogen-bond donors (Lipinski definition) is 1. The molecule has 0 saturated carbocycles. The number of nitrogens with one attached hydrogen (secondary N) is 1. The third-order valence-electron chi connectivity index (χ3n) is 4.80. The zero-order chi connectivity index (χ0) is 21.3. The van der Waals surface area contributed by atoms with Gasteiger partial charge in [0.05, 0.1) is 25.5 Å². The van der Waals surface area contributed by atoms with E-state index in [1.165, 1.54) is 25.6 Å². The maximum atomic E-state index is 13.4. The fraction of sp³-hybridized carbons (Fsp3) is 0.130. The zero-order valence-corrected chi connectivity index (χ0v) is 17.6. The Hall–Kier alpha value is -3.58. The number of rotatable bonds is 6. The highest BCUT2D eigenvalue weighted by Crippen LogP contribution is 2.38. The van der Waals surface area contributed by atoms with Crippen LogP contribution in [-0.2, 0) is 9.59 Å². The normalized spacial score (nSPS) is 13.8. The van der Waals surface area contributed by atoms with Gasteiger partial charge in [0.1, 0.15) is 5.70 Å². The Morgan fingerprint density at radius 3 is 2.27 bits per heavy atom. The number of methoxy groups -OCH3 is 2.